The third-order valence-corrected chi connectivity index (χ3v) is 5.15. The normalized spacial score (nSPS) is 15.4. The number of hydrogen-bond donors (Lipinski definition) is 1. The Morgan fingerprint density at radius 1 is 1.24 bits per heavy atom. The summed E-state index contributed by atoms with van der Waals surface area (Å²) in [4.78, 5) is 26.3. The molecule has 0 aliphatic heterocycles. The van der Waals surface area contributed by atoms with Gasteiger partial charge in [-0.05, 0) is 31.4 Å². The van der Waals surface area contributed by atoms with Gasteiger partial charge in [0, 0.05) is 24.1 Å². The highest BCUT2D eigenvalue weighted by Crippen LogP contribution is 2.31. The van der Waals surface area contributed by atoms with Crippen molar-refractivity contribution in [2.75, 3.05) is 19.0 Å². The van der Waals surface area contributed by atoms with Crippen LogP contribution in [0.25, 0.3) is 0 Å². The summed E-state index contributed by atoms with van der Waals surface area (Å²) in [7, 11) is 1.53. The van der Waals surface area contributed by atoms with Gasteiger partial charge in [0.15, 0.2) is 0 Å². The number of nitrogens with zero attached hydrogens (tertiary/aromatic N) is 1. The van der Waals surface area contributed by atoms with Crippen LogP contribution in [0.1, 0.15) is 51.0 Å². The summed E-state index contributed by atoms with van der Waals surface area (Å²) < 4.78 is 5.29. The van der Waals surface area contributed by atoms with E-state index in [1.54, 1.807) is 17.0 Å². The second kappa shape index (κ2) is 9.09. The molecule has 5 nitrogen and oxygen atoms in total. The van der Waals surface area contributed by atoms with Crippen LogP contribution in [-0.4, -0.2) is 36.4 Å². The molecule has 1 fully saturated rings. The van der Waals surface area contributed by atoms with Gasteiger partial charge in [-0.2, -0.15) is 0 Å². The third-order valence-electron chi connectivity index (χ3n) is 4.74. The Hall–Kier alpha value is -1.75. The molecule has 0 saturated heterocycles. The molecule has 1 saturated carbocycles. The van der Waals surface area contributed by atoms with Crippen molar-refractivity contribution >= 4 is 29.1 Å². The minimum Gasteiger partial charge on any atom is -0.495 e. The van der Waals surface area contributed by atoms with Gasteiger partial charge in [-0.25, -0.2) is 0 Å². The van der Waals surface area contributed by atoms with Gasteiger partial charge in [0.05, 0.1) is 12.8 Å². The number of benzene rings is 1. The van der Waals surface area contributed by atoms with Gasteiger partial charge in [-0.3, -0.25) is 9.59 Å². The standard InChI is InChI=1S/C19H27ClN2O3/c1-13-10-17(18(25-3)11-16(13)20)21-19(24)12-22(14(2)23)15-8-6-4-5-7-9-15/h10-11,15H,4-9,12H2,1-3H3,(H,21,24). The number of anilines is 1. The van der Waals surface area contributed by atoms with Gasteiger partial charge in [0.1, 0.15) is 12.3 Å². The molecule has 1 aromatic rings. The van der Waals surface area contributed by atoms with E-state index in [0.717, 1.165) is 31.2 Å². The van der Waals surface area contributed by atoms with Gasteiger partial charge in [-0.15, -0.1) is 0 Å². The zero-order valence-electron chi connectivity index (χ0n) is 15.2. The first-order valence-electron chi connectivity index (χ1n) is 8.83. The van der Waals surface area contributed by atoms with Gasteiger partial charge < -0.3 is 15.0 Å². The fourth-order valence-electron chi connectivity index (χ4n) is 3.34. The second-order valence-electron chi connectivity index (χ2n) is 6.64. The van der Waals surface area contributed by atoms with Crippen LogP contribution in [-0.2, 0) is 9.59 Å². The molecule has 0 aromatic heterocycles. The summed E-state index contributed by atoms with van der Waals surface area (Å²) in [5.74, 6) is 0.230. The van der Waals surface area contributed by atoms with Crippen LogP contribution in [0.2, 0.25) is 5.02 Å². The summed E-state index contributed by atoms with van der Waals surface area (Å²) in [5.41, 5.74) is 1.42. The number of nitrogens with one attached hydrogen (secondary N) is 1. The lowest BCUT2D eigenvalue weighted by molar-refractivity contribution is -0.135. The van der Waals surface area contributed by atoms with Crippen LogP contribution in [0, 0.1) is 6.92 Å². The molecule has 0 heterocycles. The minimum atomic E-state index is -0.223. The van der Waals surface area contributed by atoms with E-state index in [-0.39, 0.29) is 24.4 Å². The van der Waals surface area contributed by atoms with E-state index in [2.05, 4.69) is 5.32 Å². The van der Waals surface area contributed by atoms with E-state index in [1.807, 2.05) is 6.92 Å². The van der Waals surface area contributed by atoms with E-state index in [0.29, 0.717) is 16.5 Å². The molecule has 1 aliphatic carbocycles. The maximum absolute atomic E-state index is 12.5. The number of halogens is 1. The number of rotatable bonds is 5. The number of aryl methyl sites for hydroxylation is 1. The molecular formula is C19H27ClN2O3. The molecule has 1 aromatic carbocycles. The van der Waals surface area contributed by atoms with Crippen LogP contribution in [0.4, 0.5) is 5.69 Å². The average Bonchev–Trinajstić information content (AvgIpc) is 2.84. The predicted octanol–water partition coefficient (Wildman–Crippen LogP) is 4.17. The molecule has 25 heavy (non-hydrogen) atoms. The molecule has 1 aliphatic rings. The van der Waals surface area contributed by atoms with E-state index in [9.17, 15) is 9.59 Å². The Bertz CT molecular complexity index is 625. The number of methoxy groups -OCH3 is 1. The number of ether oxygens (including phenoxy) is 1. The number of amides is 2. The van der Waals surface area contributed by atoms with Gasteiger partial charge >= 0.3 is 0 Å². The Kier molecular flexibility index (Phi) is 7.12. The van der Waals surface area contributed by atoms with Crippen molar-refractivity contribution < 1.29 is 14.3 Å². The third kappa shape index (κ3) is 5.36. The van der Waals surface area contributed by atoms with E-state index >= 15 is 0 Å². The molecule has 0 radical (unpaired) electrons. The van der Waals surface area contributed by atoms with Crippen LogP contribution in [0.15, 0.2) is 12.1 Å². The van der Waals surface area contributed by atoms with Gasteiger partial charge in [0.2, 0.25) is 11.8 Å². The number of hydrogen-bond acceptors (Lipinski definition) is 3. The molecule has 2 rings (SSSR count). The highest BCUT2D eigenvalue weighted by atomic mass is 35.5. The quantitative estimate of drug-likeness (QED) is 0.796. The van der Waals surface area contributed by atoms with Crippen molar-refractivity contribution in [2.45, 2.75) is 58.4 Å². The summed E-state index contributed by atoms with van der Waals surface area (Å²) in [5, 5.41) is 3.44. The minimum absolute atomic E-state index is 0.0544. The fourth-order valence-corrected chi connectivity index (χ4v) is 3.49. The molecule has 2 amide bonds. The Balaban J connectivity index is 2.09. The first-order valence-corrected chi connectivity index (χ1v) is 9.21. The highest BCUT2D eigenvalue weighted by molar-refractivity contribution is 6.31. The van der Waals surface area contributed by atoms with Crippen LogP contribution < -0.4 is 10.1 Å². The molecule has 0 spiro atoms. The number of carbonyl (C=O) groups is 2. The average molecular weight is 367 g/mol. The molecule has 0 atom stereocenters. The van der Waals surface area contributed by atoms with Gasteiger partial charge in [0.25, 0.3) is 0 Å². The first-order chi connectivity index (χ1) is 11.9. The topological polar surface area (TPSA) is 58.6 Å². The summed E-state index contributed by atoms with van der Waals surface area (Å²) in [6.07, 6.45) is 6.57. The molecule has 1 N–H and O–H groups in total. The van der Waals surface area contributed by atoms with Crippen molar-refractivity contribution in [1.82, 2.24) is 4.90 Å². The van der Waals surface area contributed by atoms with Crippen molar-refractivity contribution in [2.24, 2.45) is 0 Å². The Morgan fingerprint density at radius 2 is 1.88 bits per heavy atom. The molecular weight excluding hydrogens is 340 g/mol. The van der Waals surface area contributed by atoms with Crippen molar-refractivity contribution in [1.29, 1.82) is 0 Å². The van der Waals surface area contributed by atoms with Crippen molar-refractivity contribution in [3.8, 4) is 5.75 Å². The maximum atomic E-state index is 12.5. The summed E-state index contributed by atoms with van der Waals surface area (Å²) in [6.45, 7) is 3.46. The molecule has 0 unspecified atom stereocenters. The van der Waals surface area contributed by atoms with Gasteiger partial charge in [-0.1, -0.05) is 37.3 Å². The number of carbonyl (C=O) groups excluding carboxylic acids is 2. The fraction of sp³-hybridized carbons (Fsp3) is 0.579. The van der Waals surface area contributed by atoms with Crippen LogP contribution in [0.3, 0.4) is 0 Å². The lowest BCUT2D eigenvalue weighted by Crippen LogP contribution is -2.43. The zero-order chi connectivity index (χ0) is 18.4. The summed E-state index contributed by atoms with van der Waals surface area (Å²) >= 11 is 6.10. The monoisotopic (exact) mass is 366 g/mol. The Morgan fingerprint density at radius 3 is 2.44 bits per heavy atom. The first kappa shape index (κ1) is 19.6. The second-order valence-corrected chi connectivity index (χ2v) is 7.05. The van der Waals surface area contributed by atoms with Crippen LogP contribution >= 0.6 is 11.6 Å². The summed E-state index contributed by atoms with van der Waals surface area (Å²) in [6, 6.07) is 3.61. The zero-order valence-corrected chi connectivity index (χ0v) is 16.0. The van der Waals surface area contributed by atoms with Crippen LogP contribution in [0.5, 0.6) is 5.75 Å². The maximum Gasteiger partial charge on any atom is 0.244 e. The van der Waals surface area contributed by atoms with E-state index in [4.69, 9.17) is 16.3 Å². The Labute approximate surface area is 154 Å². The van der Waals surface area contributed by atoms with Crippen molar-refractivity contribution in [3.63, 3.8) is 0 Å². The lowest BCUT2D eigenvalue weighted by Gasteiger charge is -2.29. The lowest BCUT2D eigenvalue weighted by atomic mass is 10.1. The largest absolute Gasteiger partial charge is 0.495 e. The van der Waals surface area contributed by atoms with Crippen molar-refractivity contribution in [3.05, 3.63) is 22.7 Å². The molecule has 0 bridgehead atoms. The highest BCUT2D eigenvalue weighted by Gasteiger charge is 2.24. The predicted molar refractivity (Wildman–Crippen MR) is 100 cm³/mol. The van der Waals surface area contributed by atoms with E-state index < -0.39 is 0 Å². The molecule has 138 valence electrons. The smallest absolute Gasteiger partial charge is 0.244 e. The molecule has 6 heteroatoms. The van der Waals surface area contributed by atoms with E-state index in [1.165, 1.54) is 26.9 Å². The SMILES string of the molecule is COc1cc(Cl)c(C)cc1NC(=O)CN(C(C)=O)C1CCCCCC1.